The van der Waals surface area contributed by atoms with E-state index in [2.05, 4.69) is 21.2 Å². The quantitative estimate of drug-likeness (QED) is 0.811. The summed E-state index contributed by atoms with van der Waals surface area (Å²) in [5.41, 5.74) is 7.52. The van der Waals surface area contributed by atoms with Gasteiger partial charge in [0.05, 0.1) is 17.5 Å². The van der Waals surface area contributed by atoms with Crippen molar-refractivity contribution < 1.29 is 4.74 Å². The van der Waals surface area contributed by atoms with Gasteiger partial charge in [-0.1, -0.05) is 15.9 Å². The number of halogens is 1. The average Bonchev–Trinajstić information content (AvgIpc) is 2.20. The number of nitrogen functional groups attached to an aromatic ring is 1. The molecular weight excluding hydrogens is 256 g/mol. The highest BCUT2D eigenvalue weighted by Gasteiger charge is 2.03. The Morgan fingerprint density at radius 3 is 2.93 bits per heavy atom. The van der Waals surface area contributed by atoms with Crippen LogP contribution in [0.3, 0.4) is 0 Å². The Morgan fingerprint density at radius 2 is 2.27 bits per heavy atom. The minimum Gasteiger partial charge on any atom is -0.397 e. The molecule has 0 spiro atoms. The molecule has 0 saturated carbocycles. The van der Waals surface area contributed by atoms with Crippen LogP contribution in [0.4, 0.5) is 11.4 Å². The first kappa shape index (κ1) is 12.3. The molecule has 0 aromatic heterocycles. The highest BCUT2D eigenvalue weighted by atomic mass is 79.9. The standard InChI is InChI=1S/C11H17BrN2O/c1-3-15-8(2)7-14-11-6-9(12)4-5-10(11)13/h4-6,8,14H,3,7,13H2,1-2H3/t8-/m1/s1. The largest absolute Gasteiger partial charge is 0.397 e. The number of hydrogen-bond donors (Lipinski definition) is 2. The summed E-state index contributed by atoms with van der Waals surface area (Å²) in [6, 6.07) is 5.76. The van der Waals surface area contributed by atoms with Crippen LogP contribution in [0.25, 0.3) is 0 Å². The molecule has 1 aromatic rings. The first-order valence-electron chi connectivity index (χ1n) is 5.04. The highest BCUT2D eigenvalue weighted by Crippen LogP contribution is 2.23. The van der Waals surface area contributed by atoms with E-state index in [4.69, 9.17) is 10.5 Å². The van der Waals surface area contributed by atoms with Crippen molar-refractivity contribution >= 4 is 27.3 Å². The van der Waals surface area contributed by atoms with Gasteiger partial charge >= 0.3 is 0 Å². The lowest BCUT2D eigenvalue weighted by atomic mass is 10.2. The molecule has 15 heavy (non-hydrogen) atoms. The van der Waals surface area contributed by atoms with E-state index in [1.807, 2.05) is 32.0 Å². The molecule has 3 N–H and O–H groups in total. The zero-order chi connectivity index (χ0) is 11.3. The van der Waals surface area contributed by atoms with E-state index in [-0.39, 0.29) is 6.10 Å². The van der Waals surface area contributed by atoms with Gasteiger partial charge in [-0.05, 0) is 32.0 Å². The van der Waals surface area contributed by atoms with Crippen LogP contribution in [0.2, 0.25) is 0 Å². The molecule has 3 nitrogen and oxygen atoms in total. The lowest BCUT2D eigenvalue weighted by Crippen LogP contribution is -2.20. The maximum Gasteiger partial charge on any atom is 0.0719 e. The minimum atomic E-state index is 0.188. The third kappa shape index (κ3) is 4.10. The SMILES string of the molecule is CCO[C@H](C)CNc1cc(Br)ccc1N. The second kappa shape index (κ2) is 5.98. The molecule has 0 amide bonds. The highest BCUT2D eigenvalue weighted by molar-refractivity contribution is 9.10. The summed E-state index contributed by atoms with van der Waals surface area (Å²) in [6.45, 7) is 5.51. The van der Waals surface area contributed by atoms with Crippen LogP contribution in [0, 0.1) is 0 Å². The van der Waals surface area contributed by atoms with Gasteiger partial charge in [-0.25, -0.2) is 0 Å². The van der Waals surface area contributed by atoms with Crippen LogP contribution in [0.15, 0.2) is 22.7 Å². The number of hydrogen-bond acceptors (Lipinski definition) is 3. The van der Waals surface area contributed by atoms with Crippen molar-refractivity contribution in [2.75, 3.05) is 24.2 Å². The Balaban J connectivity index is 2.53. The van der Waals surface area contributed by atoms with Gasteiger partial charge in [0.1, 0.15) is 0 Å². The molecule has 1 atom stereocenters. The normalized spacial score (nSPS) is 12.5. The molecule has 0 aliphatic carbocycles. The number of anilines is 2. The molecule has 0 aliphatic rings. The van der Waals surface area contributed by atoms with Crippen LogP contribution in [0.5, 0.6) is 0 Å². The van der Waals surface area contributed by atoms with Crippen LogP contribution in [0.1, 0.15) is 13.8 Å². The van der Waals surface area contributed by atoms with Gasteiger partial charge in [0, 0.05) is 17.6 Å². The number of ether oxygens (including phenoxy) is 1. The number of benzene rings is 1. The molecular formula is C11H17BrN2O. The van der Waals surface area contributed by atoms with Crippen molar-refractivity contribution in [2.45, 2.75) is 20.0 Å². The van der Waals surface area contributed by atoms with Crippen LogP contribution >= 0.6 is 15.9 Å². The van der Waals surface area contributed by atoms with Crippen molar-refractivity contribution in [2.24, 2.45) is 0 Å². The van der Waals surface area contributed by atoms with Gasteiger partial charge in [-0.3, -0.25) is 0 Å². The molecule has 84 valence electrons. The second-order valence-electron chi connectivity index (χ2n) is 3.38. The van der Waals surface area contributed by atoms with Crippen molar-refractivity contribution in [3.8, 4) is 0 Å². The Bertz CT molecular complexity index is 317. The Morgan fingerprint density at radius 1 is 1.53 bits per heavy atom. The van der Waals surface area contributed by atoms with Crippen molar-refractivity contribution in [3.05, 3.63) is 22.7 Å². The van der Waals surface area contributed by atoms with Crippen molar-refractivity contribution in [1.82, 2.24) is 0 Å². The summed E-state index contributed by atoms with van der Waals surface area (Å²) in [5, 5.41) is 3.26. The maximum absolute atomic E-state index is 5.83. The zero-order valence-electron chi connectivity index (χ0n) is 9.09. The molecule has 1 rings (SSSR count). The Labute approximate surface area is 99.1 Å². The molecule has 0 radical (unpaired) electrons. The predicted octanol–water partition coefficient (Wildman–Crippen LogP) is 2.87. The molecule has 1 aromatic carbocycles. The fourth-order valence-electron chi connectivity index (χ4n) is 1.28. The van der Waals surface area contributed by atoms with Crippen LogP contribution in [-0.2, 0) is 4.74 Å². The fraction of sp³-hybridized carbons (Fsp3) is 0.455. The summed E-state index contributed by atoms with van der Waals surface area (Å²) < 4.78 is 6.44. The van der Waals surface area contributed by atoms with Gasteiger partial charge in [0.15, 0.2) is 0 Å². The van der Waals surface area contributed by atoms with E-state index in [1.165, 1.54) is 0 Å². The van der Waals surface area contributed by atoms with Crippen LogP contribution < -0.4 is 11.1 Å². The number of nitrogens with one attached hydrogen (secondary N) is 1. The smallest absolute Gasteiger partial charge is 0.0719 e. The molecule has 0 fully saturated rings. The molecule has 0 aliphatic heterocycles. The molecule has 0 saturated heterocycles. The monoisotopic (exact) mass is 272 g/mol. The van der Waals surface area contributed by atoms with Gasteiger partial charge in [-0.15, -0.1) is 0 Å². The summed E-state index contributed by atoms with van der Waals surface area (Å²) in [7, 11) is 0. The maximum atomic E-state index is 5.83. The second-order valence-corrected chi connectivity index (χ2v) is 4.29. The summed E-state index contributed by atoms with van der Waals surface area (Å²) in [5.74, 6) is 0. The minimum absolute atomic E-state index is 0.188. The van der Waals surface area contributed by atoms with Gasteiger partial charge in [0.25, 0.3) is 0 Å². The fourth-order valence-corrected chi connectivity index (χ4v) is 1.64. The van der Waals surface area contributed by atoms with E-state index >= 15 is 0 Å². The van der Waals surface area contributed by atoms with Gasteiger partial charge in [0.2, 0.25) is 0 Å². The van der Waals surface area contributed by atoms with Gasteiger partial charge in [-0.2, -0.15) is 0 Å². The average molecular weight is 273 g/mol. The van der Waals surface area contributed by atoms with E-state index in [0.717, 1.165) is 29.0 Å². The summed E-state index contributed by atoms with van der Waals surface area (Å²) in [4.78, 5) is 0. The summed E-state index contributed by atoms with van der Waals surface area (Å²) >= 11 is 3.41. The molecule has 0 bridgehead atoms. The Hall–Kier alpha value is -0.740. The third-order valence-electron chi connectivity index (χ3n) is 2.05. The first-order valence-corrected chi connectivity index (χ1v) is 5.83. The van der Waals surface area contributed by atoms with Crippen molar-refractivity contribution in [1.29, 1.82) is 0 Å². The van der Waals surface area contributed by atoms with Crippen LogP contribution in [-0.4, -0.2) is 19.3 Å². The summed E-state index contributed by atoms with van der Waals surface area (Å²) in [6.07, 6.45) is 0.188. The molecule has 4 heteroatoms. The number of rotatable bonds is 5. The van der Waals surface area contributed by atoms with E-state index in [1.54, 1.807) is 0 Å². The zero-order valence-corrected chi connectivity index (χ0v) is 10.7. The molecule has 0 heterocycles. The number of nitrogens with two attached hydrogens (primary N) is 1. The van der Waals surface area contributed by atoms with E-state index in [0.29, 0.717) is 0 Å². The molecule has 0 unspecified atom stereocenters. The van der Waals surface area contributed by atoms with E-state index in [9.17, 15) is 0 Å². The lowest BCUT2D eigenvalue weighted by Gasteiger charge is -2.15. The van der Waals surface area contributed by atoms with Crippen molar-refractivity contribution in [3.63, 3.8) is 0 Å². The lowest BCUT2D eigenvalue weighted by molar-refractivity contribution is 0.0855. The topological polar surface area (TPSA) is 47.3 Å². The first-order chi connectivity index (χ1) is 7.13. The van der Waals surface area contributed by atoms with E-state index < -0.39 is 0 Å². The van der Waals surface area contributed by atoms with Gasteiger partial charge < -0.3 is 15.8 Å². The Kier molecular flexibility index (Phi) is 4.91. The predicted molar refractivity (Wildman–Crippen MR) is 68.1 cm³/mol. The third-order valence-corrected chi connectivity index (χ3v) is 2.54.